The lowest BCUT2D eigenvalue weighted by Gasteiger charge is -2.08. The van der Waals surface area contributed by atoms with Crippen LogP contribution in [-0.4, -0.2) is 9.97 Å². The van der Waals surface area contributed by atoms with Gasteiger partial charge in [-0.3, -0.25) is 0 Å². The first-order valence-electron chi connectivity index (χ1n) is 4.63. The van der Waals surface area contributed by atoms with Crippen LogP contribution in [0.2, 0.25) is 10.2 Å². The van der Waals surface area contributed by atoms with Crippen molar-refractivity contribution >= 4 is 39.1 Å². The minimum absolute atomic E-state index is 0.0247. The largest absolute Gasteiger partial charge is 0.236 e. The highest BCUT2D eigenvalue weighted by Gasteiger charge is 2.15. The van der Waals surface area contributed by atoms with Crippen molar-refractivity contribution in [3.05, 3.63) is 44.5 Å². The molecule has 0 amide bonds. The second kappa shape index (κ2) is 4.88. The summed E-state index contributed by atoms with van der Waals surface area (Å²) in [7, 11) is 0. The van der Waals surface area contributed by atoms with Gasteiger partial charge in [0.1, 0.15) is 11.5 Å². The maximum Gasteiger partial charge on any atom is 0.152 e. The molecule has 0 spiro atoms. The van der Waals surface area contributed by atoms with E-state index in [2.05, 4.69) is 25.9 Å². The van der Waals surface area contributed by atoms with Gasteiger partial charge in [-0.25, -0.2) is 14.4 Å². The maximum atomic E-state index is 14.0. The van der Waals surface area contributed by atoms with E-state index in [1.54, 1.807) is 19.1 Å². The summed E-state index contributed by atoms with van der Waals surface area (Å²) in [5, 5.41) is 0.324. The Morgan fingerprint density at radius 2 is 1.94 bits per heavy atom. The Labute approximate surface area is 116 Å². The van der Waals surface area contributed by atoms with Gasteiger partial charge in [0, 0.05) is 15.6 Å². The first kappa shape index (κ1) is 12.7. The molecule has 2 rings (SSSR count). The fourth-order valence-electron chi connectivity index (χ4n) is 1.41. The van der Waals surface area contributed by atoms with Crippen LogP contribution < -0.4 is 0 Å². The van der Waals surface area contributed by atoms with Gasteiger partial charge in [-0.2, -0.15) is 0 Å². The van der Waals surface area contributed by atoms with E-state index in [1.807, 2.05) is 0 Å². The van der Waals surface area contributed by atoms with Gasteiger partial charge in [-0.05, 0) is 35.0 Å². The monoisotopic (exact) mass is 334 g/mol. The van der Waals surface area contributed by atoms with Gasteiger partial charge in [0.2, 0.25) is 0 Å². The van der Waals surface area contributed by atoms with Crippen molar-refractivity contribution in [2.45, 2.75) is 6.92 Å². The van der Waals surface area contributed by atoms with Crippen LogP contribution in [0.5, 0.6) is 0 Å². The number of benzene rings is 1. The van der Waals surface area contributed by atoms with Crippen molar-refractivity contribution in [2.75, 3.05) is 0 Å². The SMILES string of the molecule is Cc1c(Cl)ncnc1-c1ccc(Br)c(Cl)c1F. The first-order valence-corrected chi connectivity index (χ1v) is 6.18. The van der Waals surface area contributed by atoms with Crippen molar-refractivity contribution in [1.82, 2.24) is 9.97 Å². The molecule has 0 aliphatic rings. The average molecular weight is 336 g/mol. The molecule has 0 aliphatic carbocycles. The van der Waals surface area contributed by atoms with E-state index in [4.69, 9.17) is 23.2 Å². The normalized spacial score (nSPS) is 10.6. The minimum Gasteiger partial charge on any atom is -0.236 e. The lowest BCUT2D eigenvalue weighted by Crippen LogP contribution is -1.95. The van der Waals surface area contributed by atoms with Gasteiger partial charge in [0.25, 0.3) is 0 Å². The number of nitrogens with zero attached hydrogens (tertiary/aromatic N) is 2. The molecule has 1 aromatic carbocycles. The Kier molecular flexibility index (Phi) is 3.66. The standard InChI is InChI=1S/C11H6BrCl2FN2/c1-5-10(16-4-17-11(5)14)6-2-3-7(12)8(13)9(6)15/h2-4H,1H3. The topological polar surface area (TPSA) is 25.8 Å². The van der Waals surface area contributed by atoms with Gasteiger partial charge in [0.15, 0.2) is 5.82 Å². The summed E-state index contributed by atoms with van der Waals surface area (Å²) in [6, 6.07) is 3.26. The molecule has 0 aliphatic heterocycles. The first-order chi connectivity index (χ1) is 8.02. The van der Waals surface area contributed by atoms with Crippen LogP contribution in [-0.2, 0) is 0 Å². The number of hydrogen-bond donors (Lipinski definition) is 0. The molecule has 17 heavy (non-hydrogen) atoms. The smallest absolute Gasteiger partial charge is 0.152 e. The summed E-state index contributed by atoms with van der Waals surface area (Å²) in [4.78, 5) is 7.86. The molecule has 1 aromatic heterocycles. The zero-order chi connectivity index (χ0) is 12.6. The Hall–Kier alpha value is -0.710. The Morgan fingerprint density at radius 1 is 1.24 bits per heavy atom. The summed E-state index contributed by atoms with van der Waals surface area (Å²) in [6.07, 6.45) is 1.29. The van der Waals surface area contributed by atoms with Crippen LogP contribution in [0.15, 0.2) is 22.9 Å². The summed E-state index contributed by atoms with van der Waals surface area (Å²) in [5.74, 6) is -0.529. The molecule has 0 N–H and O–H groups in total. The zero-order valence-electron chi connectivity index (χ0n) is 8.64. The maximum absolute atomic E-state index is 14.0. The quantitative estimate of drug-likeness (QED) is 0.559. The van der Waals surface area contributed by atoms with E-state index < -0.39 is 5.82 Å². The van der Waals surface area contributed by atoms with Crippen molar-refractivity contribution in [1.29, 1.82) is 0 Å². The third kappa shape index (κ3) is 2.30. The average Bonchev–Trinajstić information content (AvgIpc) is 2.31. The molecule has 0 fully saturated rings. The molecule has 0 radical (unpaired) electrons. The van der Waals surface area contributed by atoms with E-state index in [9.17, 15) is 4.39 Å². The van der Waals surface area contributed by atoms with Gasteiger partial charge in [-0.1, -0.05) is 23.2 Å². The number of hydrogen-bond acceptors (Lipinski definition) is 2. The van der Waals surface area contributed by atoms with Gasteiger partial charge < -0.3 is 0 Å². The second-order valence-corrected chi connectivity index (χ2v) is 4.95. The summed E-state index contributed by atoms with van der Waals surface area (Å²) >= 11 is 14.9. The van der Waals surface area contributed by atoms with Crippen molar-refractivity contribution < 1.29 is 4.39 Å². The number of rotatable bonds is 1. The number of halogens is 4. The van der Waals surface area contributed by atoms with E-state index >= 15 is 0 Å². The molecule has 88 valence electrons. The molecule has 2 aromatic rings. The van der Waals surface area contributed by atoms with Gasteiger partial charge in [0.05, 0.1) is 10.7 Å². The van der Waals surface area contributed by atoms with Crippen LogP contribution >= 0.6 is 39.1 Å². The molecular formula is C11H6BrCl2FN2. The van der Waals surface area contributed by atoms with E-state index in [0.717, 1.165) is 0 Å². The van der Waals surface area contributed by atoms with E-state index in [1.165, 1.54) is 6.33 Å². The third-order valence-corrected chi connectivity index (χ3v) is 3.95. The Bertz CT molecular complexity index is 590. The highest BCUT2D eigenvalue weighted by atomic mass is 79.9. The Morgan fingerprint density at radius 3 is 2.65 bits per heavy atom. The fourth-order valence-corrected chi connectivity index (χ4v) is 2.01. The van der Waals surface area contributed by atoms with Crippen molar-refractivity contribution in [3.8, 4) is 11.3 Å². The van der Waals surface area contributed by atoms with Crippen LogP contribution in [0.25, 0.3) is 11.3 Å². The molecule has 1 heterocycles. The summed E-state index contributed by atoms with van der Waals surface area (Å²) in [6.45, 7) is 1.73. The molecule has 0 saturated heterocycles. The number of aromatic nitrogens is 2. The molecule has 0 saturated carbocycles. The lowest BCUT2D eigenvalue weighted by atomic mass is 10.1. The van der Waals surface area contributed by atoms with Crippen molar-refractivity contribution in [2.24, 2.45) is 0 Å². The predicted molar refractivity (Wildman–Crippen MR) is 69.9 cm³/mol. The molecular weight excluding hydrogens is 330 g/mol. The van der Waals surface area contributed by atoms with Crippen LogP contribution in [0, 0.1) is 12.7 Å². The van der Waals surface area contributed by atoms with Gasteiger partial charge >= 0.3 is 0 Å². The highest BCUT2D eigenvalue weighted by Crippen LogP contribution is 2.34. The molecule has 2 nitrogen and oxygen atoms in total. The summed E-state index contributed by atoms with van der Waals surface area (Å²) < 4.78 is 14.5. The van der Waals surface area contributed by atoms with Crippen molar-refractivity contribution in [3.63, 3.8) is 0 Å². The van der Waals surface area contributed by atoms with E-state index in [-0.39, 0.29) is 5.02 Å². The molecule has 0 unspecified atom stereocenters. The highest BCUT2D eigenvalue weighted by molar-refractivity contribution is 9.10. The molecule has 0 atom stereocenters. The second-order valence-electron chi connectivity index (χ2n) is 3.36. The van der Waals surface area contributed by atoms with E-state index in [0.29, 0.717) is 26.4 Å². The van der Waals surface area contributed by atoms with Gasteiger partial charge in [-0.15, -0.1) is 0 Å². The minimum atomic E-state index is -0.529. The zero-order valence-corrected chi connectivity index (χ0v) is 11.7. The predicted octanol–water partition coefficient (Wildman–Crippen LogP) is 4.66. The fraction of sp³-hybridized carbons (Fsp3) is 0.0909. The Balaban J connectivity index is 2.69. The summed E-state index contributed by atoms with van der Waals surface area (Å²) in [5.41, 5.74) is 1.36. The van der Waals surface area contributed by atoms with Crippen LogP contribution in [0.1, 0.15) is 5.56 Å². The lowest BCUT2D eigenvalue weighted by molar-refractivity contribution is 0.630. The molecule has 6 heteroatoms. The molecule has 0 bridgehead atoms. The third-order valence-electron chi connectivity index (χ3n) is 2.31. The van der Waals surface area contributed by atoms with Crippen LogP contribution in [0.3, 0.4) is 0 Å². The van der Waals surface area contributed by atoms with Crippen LogP contribution in [0.4, 0.5) is 4.39 Å².